The molecule has 1 heterocycles. The van der Waals surface area contributed by atoms with E-state index in [9.17, 15) is 9.18 Å². The molecule has 1 aromatic heterocycles. The molecule has 0 saturated carbocycles. The minimum atomic E-state index is -0.318. The van der Waals surface area contributed by atoms with Gasteiger partial charge < -0.3 is 4.98 Å². The van der Waals surface area contributed by atoms with E-state index < -0.39 is 0 Å². The Morgan fingerprint density at radius 2 is 2.13 bits per heavy atom. The number of benzene rings is 1. The third-order valence-corrected chi connectivity index (χ3v) is 3.15. The van der Waals surface area contributed by atoms with E-state index in [-0.39, 0.29) is 11.6 Å². The minimum absolute atomic E-state index is 0.0386. The van der Waals surface area contributed by atoms with Crippen molar-refractivity contribution in [1.82, 2.24) is 4.98 Å². The average Bonchev–Trinajstić information content (AvgIpc) is 2.74. The van der Waals surface area contributed by atoms with Crippen molar-refractivity contribution in [2.75, 3.05) is 0 Å². The van der Waals surface area contributed by atoms with Crippen molar-refractivity contribution in [2.24, 2.45) is 0 Å². The molecule has 0 fully saturated rings. The standard InChI is InChI=1S/C11H7ClFNO/c12-6-2-3-7(13)9-5-1-4-8(15)10(5)14-11(6)9/h2-3,14H,1,4H2. The Morgan fingerprint density at radius 3 is 2.93 bits per heavy atom. The summed E-state index contributed by atoms with van der Waals surface area (Å²) in [6, 6.07) is 2.83. The van der Waals surface area contributed by atoms with E-state index in [2.05, 4.69) is 4.98 Å². The third-order valence-electron chi connectivity index (χ3n) is 2.84. The molecule has 0 bridgehead atoms. The number of aryl methyl sites for hydroxylation is 1. The number of hydrogen-bond acceptors (Lipinski definition) is 1. The number of rotatable bonds is 0. The second kappa shape index (κ2) is 2.83. The van der Waals surface area contributed by atoms with Gasteiger partial charge in [0.25, 0.3) is 0 Å². The molecule has 1 aliphatic carbocycles. The first-order valence-electron chi connectivity index (χ1n) is 4.70. The van der Waals surface area contributed by atoms with Crippen LogP contribution in [-0.2, 0) is 6.42 Å². The fourth-order valence-electron chi connectivity index (χ4n) is 2.15. The predicted octanol–water partition coefficient (Wildman–Crippen LogP) is 3.09. The van der Waals surface area contributed by atoms with Gasteiger partial charge in [-0.3, -0.25) is 4.79 Å². The van der Waals surface area contributed by atoms with Crippen LogP contribution in [0.15, 0.2) is 12.1 Å². The van der Waals surface area contributed by atoms with Crippen LogP contribution in [0.1, 0.15) is 22.5 Å². The largest absolute Gasteiger partial charge is 0.351 e. The number of aromatic amines is 1. The third kappa shape index (κ3) is 1.07. The first-order valence-corrected chi connectivity index (χ1v) is 5.08. The van der Waals surface area contributed by atoms with E-state index in [0.717, 1.165) is 5.56 Å². The molecule has 0 unspecified atom stereocenters. The molecule has 3 rings (SSSR count). The Balaban J connectivity index is 2.49. The number of ketones is 1. The summed E-state index contributed by atoms with van der Waals surface area (Å²) >= 11 is 5.93. The van der Waals surface area contributed by atoms with Crippen molar-refractivity contribution in [3.63, 3.8) is 0 Å². The van der Waals surface area contributed by atoms with Crippen LogP contribution < -0.4 is 0 Å². The summed E-state index contributed by atoms with van der Waals surface area (Å²) in [7, 11) is 0. The lowest BCUT2D eigenvalue weighted by atomic mass is 10.1. The summed E-state index contributed by atoms with van der Waals surface area (Å²) in [5, 5.41) is 0.928. The van der Waals surface area contributed by atoms with Crippen molar-refractivity contribution in [3.8, 4) is 0 Å². The highest BCUT2D eigenvalue weighted by Crippen LogP contribution is 2.34. The summed E-state index contributed by atoms with van der Waals surface area (Å²) in [6.07, 6.45) is 1.06. The Labute approximate surface area is 90.0 Å². The molecule has 2 nitrogen and oxygen atoms in total. The van der Waals surface area contributed by atoms with Crippen LogP contribution in [0.5, 0.6) is 0 Å². The predicted molar refractivity (Wildman–Crippen MR) is 55.9 cm³/mol. The van der Waals surface area contributed by atoms with E-state index in [1.54, 1.807) is 0 Å². The summed E-state index contributed by atoms with van der Waals surface area (Å²) in [4.78, 5) is 14.4. The molecule has 4 heteroatoms. The van der Waals surface area contributed by atoms with E-state index in [1.807, 2.05) is 0 Å². The smallest absolute Gasteiger partial charge is 0.179 e. The molecule has 0 amide bonds. The Kier molecular flexibility index (Phi) is 1.68. The van der Waals surface area contributed by atoms with Crippen LogP contribution in [0, 0.1) is 5.82 Å². The highest BCUT2D eigenvalue weighted by Gasteiger charge is 2.26. The van der Waals surface area contributed by atoms with Crippen molar-refractivity contribution in [2.45, 2.75) is 12.8 Å². The maximum absolute atomic E-state index is 13.6. The number of Topliss-reactive ketones (excluding diaryl/α,β-unsaturated/α-hetero) is 1. The van der Waals surface area contributed by atoms with Crippen LogP contribution in [-0.4, -0.2) is 10.8 Å². The average molecular weight is 224 g/mol. The number of hydrogen-bond donors (Lipinski definition) is 1. The quantitative estimate of drug-likeness (QED) is 0.732. The lowest BCUT2D eigenvalue weighted by Crippen LogP contribution is -1.91. The molecule has 76 valence electrons. The molecule has 15 heavy (non-hydrogen) atoms. The van der Waals surface area contributed by atoms with Gasteiger partial charge in [-0.25, -0.2) is 4.39 Å². The van der Waals surface area contributed by atoms with Crippen LogP contribution in [0.4, 0.5) is 4.39 Å². The zero-order valence-corrected chi connectivity index (χ0v) is 8.49. The van der Waals surface area contributed by atoms with Crippen molar-refractivity contribution in [3.05, 3.63) is 34.2 Å². The van der Waals surface area contributed by atoms with Gasteiger partial charge in [-0.05, 0) is 24.1 Å². The number of halogens is 2. The lowest BCUT2D eigenvalue weighted by molar-refractivity contribution is 0.0991. The van der Waals surface area contributed by atoms with Gasteiger partial charge in [0.2, 0.25) is 0 Å². The number of carbonyl (C=O) groups is 1. The van der Waals surface area contributed by atoms with Crippen LogP contribution >= 0.6 is 11.6 Å². The molecule has 0 saturated heterocycles. The molecule has 1 aliphatic rings. The van der Waals surface area contributed by atoms with Gasteiger partial charge in [0.05, 0.1) is 16.2 Å². The fourth-order valence-corrected chi connectivity index (χ4v) is 2.35. The number of fused-ring (bicyclic) bond motifs is 3. The van der Waals surface area contributed by atoms with E-state index >= 15 is 0 Å². The molecular weight excluding hydrogens is 217 g/mol. The summed E-state index contributed by atoms with van der Waals surface area (Å²) in [5.41, 5.74) is 1.83. The van der Waals surface area contributed by atoms with Crippen molar-refractivity contribution in [1.29, 1.82) is 0 Å². The van der Waals surface area contributed by atoms with Crippen LogP contribution in [0.25, 0.3) is 10.9 Å². The van der Waals surface area contributed by atoms with Gasteiger partial charge >= 0.3 is 0 Å². The van der Waals surface area contributed by atoms with Gasteiger partial charge in [0.15, 0.2) is 5.78 Å². The van der Waals surface area contributed by atoms with E-state index in [4.69, 9.17) is 11.6 Å². The Morgan fingerprint density at radius 1 is 1.33 bits per heavy atom. The van der Waals surface area contributed by atoms with Crippen LogP contribution in [0.2, 0.25) is 5.02 Å². The number of carbonyl (C=O) groups excluding carboxylic acids is 1. The summed E-state index contributed by atoms with van der Waals surface area (Å²) in [5.74, 6) is -0.279. The summed E-state index contributed by atoms with van der Waals surface area (Å²) in [6.45, 7) is 0. The molecule has 1 aromatic carbocycles. The van der Waals surface area contributed by atoms with Gasteiger partial charge in [-0.2, -0.15) is 0 Å². The maximum atomic E-state index is 13.6. The van der Waals surface area contributed by atoms with Crippen molar-refractivity contribution >= 4 is 28.3 Å². The van der Waals surface area contributed by atoms with Gasteiger partial charge in [-0.15, -0.1) is 0 Å². The Bertz CT molecular complexity index is 588. The molecule has 0 atom stereocenters. The number of aromatic nitrogens is 1. The molecule has 0 spiro atoms. The molecule has 1 N–H and O–H groups in total. The molecular formula is C11H7ClFNO. The lowest BCUT2D eigenvalue weighted by Gasteiger charge is -1.97. The maximum Gasteiger partial charge on any atom is 0.179 e. The topological polar surface area (TPSA) is 32.9 Å². The normalized spacial score (nSPS) is 14.9. The highest BCUT2D eigenvalue weighted by molar-refractivity contribution is 6.35. The molecule has 2 aromatic rings. The van der Waals surface area contributed by atoms with E-state index in [1.165, 1.54) is 12.1 Å². The van der Waals surface area contributed by atoms with E-state index in [0.29, 0.717) is 34.5 Å². The second-order valence-electron chi connectivity index (χ2n) is 3.68. The zero-order chi connectivity index (χ0) is 10.6. The van der Waals surface area contributed by atoms with Crippen molar-refractivity contribution < 1.29 is 9.18 Å². The fraction of sp³-hybridized carbons (Fsp3) is 0.182. The minimum Gasteiger partial charge on any atom is -0.351 e. The zero-order valence-electron chi connectivity index (χ0n) is 7.73. The first kappa shape index (κ1) is 8.92. The SMILES string of the molecule is O=C1CCc2c1[nH]c1c(Cl)ccc(F)c21. The molecule has 0 aliphatic heterocycles. The van der Waals surface area contributed by atoms with Crippen LogP contribution in [0.3, 0.4) is 0 Å². The Hall–Kier alpha value is -1.35. The highest BCUT2D eigenvalue weighted by atomic mass is 35.5. The summed E-state index contributed by atoms with van der Waals surface area (Å²) < 4.78 is 13.6. The number of H-pyrrole nitrogens is 1. The number of nitrogens with one attached hydrogen (secondary N) is 1. The monoisotopic (exact) mass is 223 g/mol. The second-order valence-corrected chi connectivity index (χ2v) is 4.09. The first-order chi connectivity index (χ1) is 7.18. The van der Waals surface area contributed by atoms with Gasteiger partial charge in [0, 0.05) is 11.8 Å². The molecule has 0 radical (unpaired) electrons. The van der Waals surface area contributed by atoms with Gasteiger partial charge in [-0.1, -0.05) is 11.6 Å². The van der Waals surface area contributed by atoms with Gasteiger partial charge in [0.1, 0.15) is 5.82 Å².